The van der Waals surface area contributed by atoms with E-state index in [4.69, 9.17) is 0 Å². The Morgan fingerprint density at radius 2 is 2.08 bits per heavy atom. The predicted molar refractivity (Wildman–Crippen MR) is 56.0 cm³/mol. The van der Waals surface area contributed by atoms with E-state index in [0.29, 0.717) is 0 Å². The molecule has 0 spiro atoms. The minimum Gasteiger partial charge on any atom is -0.382 e. The van der Waals surface area contributed by atoms with E-state index in [2.05, 4.69) is 29.4 Å². The molecule has 0 aliphatic heterocycles. The van der Waals surface area contributed by atoms with Crippen LogP contribution in [0.5, 0.6) is 0 Å². The van der Waals surface area contributed by atoms with Crippen molar-refractivity contribution >= 4 is 5.69 Å². The molecular weight excluding hydrogens is 162 g/mol. The fourth-order valence-corrected chi connectivity index (χ4v) is 1.30. The van der Waals surface area contributed by atoms with Gasteiger partial charge in [-0.3, -0.25) is 5.10 Å². The van der Waals surface area contributed by atoms with E-state index in [0.717, 1.165) is 23.9 Å². The third-order valence-corrected chi connectivity index (χ3v) is 2.15. The molecule has 1 aromatic heterocycles. The maximum Gasteiger partial charge on any atom is 0.0825 e. The zero-order valence-electron chi connectivity index (χ0n) is 8.94. The standard InChI is InChI=1S/C10H19N3/c1-7(2)5-6-11-10-8(3)12-13-9(10)4/h7,11H,5-6H2,1-4H3,(H,12,13). The van der Waals surface area contributed by atoms with E-state index in [9.17, 15) is 0 Å². The van der Waals surface area contributed by atoms with Crippen molar-refractivity contribution in [1.82, 2.24) is 10.2 Å². The maximum absolute atomic E-state index is 4.13. The van der Waals surface area contributed by atoms with Gasteiger partial charge in [0, 0.05) is 6.54 Å². The highest BCUT2D eigenvalue weighted by molar-refractivity contribution is 5.51. The average molecular weight is 181 g/mol. The molecule has 2 N–H and O–H groups in total. The first-order chi connectivity index (χ1) is 6.11. The van der Waals surface area contributed by atoms with Crippen LogP contribution in [0.25, 0.3) is 0 Å². The molecule has 74 valence electrons. The van der Waals surface area contributed by atoms with Crippen LogP contribution in [-0.2, 0) is 0 Å². The van der Waals surface area contributed by atoms with Crippen molar-refractivity contribution in [1.29, 1.82) is 0 Å². The first-order valence-electron chi connectivity index (χ1n) is 4.86. The van der Waals surface area contributed by atoms with E-state index in [-0.39, 0.29) is 0 Å². The predicted octanol–water partition coefficient (Wildman–Crippen LogP) is 2.48. The van der Waals surface area contributed by atoms with Gasteiger partial charge in [-0.25, -0.2) is 0 Å². The summed E-state index contributed by atoms with van der Waals surface area (Å²) < 4.78 is 0. The zero-order valence-corrected chi connectivity index (χ0v) is 8.94. The molecule has 3 nitrogen and oxygen atoms in total. The molecule has 1 aromatic rings. The number of hydrogen-bond acceptors (Lipinski definition) is 2. The van der Waals surface area contributed by atoms with E-state index >= 15 is 0 Å². The summed E-state index contributed by atoms with van der Waals surface area (Å²) in [6.07, 6.45) is 1.20. The van der Waals surface area contributed by atoms with Crippen LogP contribution in [0.15, 0.2) is 0 Å². The Bertz CT molecular complexity index is 244. The van der Waals surface area contributed by atoms with Gasteiger partial charge in [-0.2, -0.15) is 5.10 Å². The second-order valence-electron chi connectivity index (χ2n) is 3.92. The number of aromatic nitrogens is 2. The van der Waals surface area contributed by atoms with Crippen molar-refractivity contribution in [3.8, 4) is 0 Å². The monoisotopic (exact) mass is 181 g/mol. The maximum atomic E-state index is 4.13. The van der Waals surface area contributed by atoms with Gasteiger partial charge in [-0.1, -0.05) is 13.8 Å². The Morgan fingerprint density at radius 3 is 2.54 bits per heavy atom. The molecule has 0 fully saturated rings. The number of rotatable bonds is 4. The van der Waals surface area contributed by atoms with Crippen molar-refractivity contribution in [2.24, 2.45) is 5.92 Å². The summed E-state index contributed by atoms with van der Waals surface area (Å²) in [5.74, 6) is 0.750. The highest BCUT2D eigenvalue weighted by atomic mass is 15.1. The smallest absolute Gasteiger partial charge is 0.0825 e. The summed E-state index contributed by atoms with van der Waals surface area (Å²) in [6, 6.07) is 0. The fourth-order valence-electron chi connectivity index (χ4n) is 1.30. The number of H-pyrrole nitrogens is 1. The Kier molecular flexibility index (Phi) is 3.34. The molecule has 0 radical (unpaired) electrons. The molecule has 0 unspecified atom stereocenters. The Morgan fingerprint density at radius 1 is 1.38 bits per heavy atom. The van der Waals surface area contributed by atoms with Crippen molar-refractivity contribution in [3.63, 3.8) is 0 Å². The summed E-state index contributed by atoms with van der Waals surface area (Å²) in [6.45, 7) is 9.55. The summed E-state index contributed by atoms with van der Waals surface area (Å²) >= 11 is 0. The van der Waals surface area contributed by atoms with Gasteiger partial charge in [0.2, 0.25) is 0 Å². The van der Waals surface area contributed by atoms with Gasteiger partial charge in [-0.05, 0) is 26.2 Å². The third-order valence-electron chi connectivity index (χ3n) is 2.15. The molecule has 0 atom stereocenters. The Balaban J connectivity index is 2.44. The fraction of sp³-hybridized carbons (Fsp3) is 0.700. The number of aryl methyl sites for hydroxylation is 2. The van der Waals surface area contributed by atoms with Gasteiger partial charge >= 0.3 is 0 Å². The number of nitrogens with one attached hydrogen (secondary N) is 2. The lowest BCUT2D eigenvalue weighted by Crippen LogP contribution is -2.05. The van der Waals surface area contributed by atoms with Gasteiger partial charge in [-0.15, -0.1) is 0 Å². The van der Waals surface area contributed by atoms with Crippen LogP contribution < -0.4 is 5.32 Å². The SMILES string of the molecule is Cc1n[nH]c(C)c1NCCC(C)C. The lowest BCUT2D eigenvalue weighted by molar-refractivity contribution is 0.607. The van der Waals surface area contributed by atoms with Crippen molar-refractivity contribution in [3.05, 3.63) is 11.4 Å². The second-order valence-corrected chi connectivity index (χ2v) is 3.92. The summed E-state index contributed by atoms with van der Waals surface area (Å²) in [4.78, 5) is 0. The quantitative estimate of drug-likeness (QED) is 0.749. The van der Waals surface area contributed by atoms with E-state index < -0.39 is 0 Å². The first-order valence-corrected chi connectivity index (χ1v) is 4.86. The molecular formula is C10H19N3. The molecule has 0 saturated heterocycles. The molecule has 3 heteroatoms. The molecule has 0 saturated carbocycles. The number of anilines is 1. The molecule has 0 bridgehead atoms. The second kappa shape index (κ2) is 4.30. The molecule has 0 aromatic carbocycles. The number of hydrogen-bond donors (Lipinski definition) is 2. The van der Waals surface area contributed by atoms with Gasteiger partial charge in [0.05, 0.1) is 17.1 Å². The van der Waals surface area contributed by atoms with Crippen LogP contribution in [-0.4, -0.2) is 16.7 Å². The lowest BCUT2D eigenvalue weighted by Gasteiger charge is -2.07. The summed E-state index contributed by atoms with van der Waals surface area (Å²) in [7, 11) is 0. The van der Waals surface area contributed by atoms with E-state index in [1.165, 1.54) is 12.1 Å². The van der Waals surface area contributed by atoms with Gasteiger partial charge in [0.25, 0.3) is 0 Å². The van der Waals surface area contributed by atoms with E-state index in [1.807, 2.05) is 13.8 Å². The van der Waals surface area contributed by atoms with Crippen LogP contribution in [0, 0.1) is 19.8 Å². The highest BCUT2D eigenvalue weighted by Crippen LogP contribution is 2.16. The largest absolute Gasteiger partial charge is 0.382 e. The van der Waals surface area contributed by atoms with Crippen LogP contribution in [0.4, 0.5) is 5.69 Å². The average Bonchev–Trinajstić information content (AvgIpc) is 2.34. The minimum atomic E-state index is 0.750. The number of nitrogens with zero attached hydrogens (tertiary/aromatic N) is 1. The van der Waals surface area contributed by atoms with Crippen LogP contribution in [0.2, 0.25) is 0 Å². The van der Waals surface area contributed by atoms with Crippen LogP contribution in [0.3, 0.4) is 0 Å². The van der Waals surface area contributed by atoms with Gasteiger partial charge < -0.3 is 5.32 Å². The minimum absolute atomic E-state index is 0.750. The zero-order chi connectivity index (χ0) is 9.84. The molecule has 1 heterocycles. The lowest BCUT2D eigenvalue weighted by atomic mass is 10.1. The highest BCUT2D eigenvalue weighted by Gasteiger charge is 2.04. The molecule has 0 aliphatic carbocycles. The van der Waals surface area contributed by atoms with Crippen molar-refractivity contribution in [2.75, 3.05) is 11.9 Å². The van der Waals surface area contributed by atoms with Crippen molar-refractivity contribution < 1.29 is 0 Å². The topological polar surface area (TPSA) is 40.7 Å². The molecule has 0 aliphatic rings. The van der Waals surface area contributed by atoms with Gasteiger partial charge in [0.1, 0.15) is 0 Å². The first kappa shape index (κ1) is 10.1. The van der Waals surface area contributed by atoms with Crippen LogP contribution in [0.1, 0.15) is 31.7 Å². The molecule has 13 heavy (non-hydrogen) atoms. The molecule has 1 rings (SSSR count). The summed E-state index contributed by atoms with van der Waals surface area (Å²) in [5, 5.41) is 10.5. The Labute approximate surface area is 79.9 Å². The summed E-state index contributed by atoms with van der Waals surface area (Å²) in [5.41, 5.74) is 3.35. The van der Waals surface area contributed by atoms with E-state index in [1.54, 1.807) is 0 Å². The third kappa shape index (κ3) is 2.76. The van der Waals surface area contributed by atoms with Crippen LogP contribution >= 0.6 is 0 Å². The normalized spacial score (nSPS) is 10.8. The van der Waals surface area contributed by atoms with Gasteiger partial charge in [0.15, 0.2) is 0 Å². The molecule has 0 amide bonds. The Hall–Kier alpha value is -0.990. The van der Waals surface area contributed by atoms with Crippen molar-refractivity contribution in [2.45, 2.75) is 34.1 Å². The number of aromatic amines is 1.